The summed E-state index contributed by atoms with van der Waals surface area (Å²) in [5, 5.41) is 0. The van der Waals surface area contributed by atoms with Gasteiger partial charge in [0.1, 0.15) is 0 Å². The second kappa shape index (κ2) is 6.90. The fraction of sp³-hybridized carbons (Fsp3) is 0.400. The fourth-order valence-corrected chi connectivity index (χ4v) is 4.46. The maximum atomic E-state index is 6.44. The minimum atomic E-state index is -1.42. The van der Waals surface area contributed by atoms with E-state index in [4.69, 9.17) is 34.8 Å². The van der Waals surface area contributed by atoms with E-state index in [9.17, 15) is 0 Å². The Labute approximate surface area is 165 Å². The van der Waals surface area contributed by atoms with Crippen LogP contribution < -0.4 is 9.80 Å². The average Bonchev–Trinajstić information content (AvgIpc) is 2.90. The molecule has 0 spiro atoms. The van der Waals surface area contributed by atoms with E-state index in [1.165, 1.54) is 22.3 Å². The summed E-state index contributed by atoms with van der Waals surface area (Å²) < 4.78 is -1.42. The number of aryl methyl sites for hydroxylation is 4. The van der Waals surface area contributed by atoms with Gasteiger partial charge in [0.25, 0.3) is 0 Å². The molecule has 1 heterocycles. The van der Waals surface area contributed by atoms with E-state index < -0.39 is 3.79 Å². The molecule has 3 rings (SSSR count). The molecule has 0 unspecified atom stereocenters. The van der Waals surface area contributed by atoms with E-state index in [0.29, 0.717) is 0 Å². The van der Waals surface area contributed by atoms with Crippen LogP contribution in [0.15, 0.2) is 36.4 Å². The third kappa shape index (κ3) is 4.02. The Bertz CT molecular complexity index is 683. The number of anilines is 2. The number of alkyl halides is 3. The number of hydrogen-bond donors (Lipinski definition) is 0. The summed E-state index contributed by atoms with van der Waals surface area (Å²) in [6.45, 7) is 10.0. The van der Waals surface area contributed by atoms with Crippen LogP contribution in [0.4, 0.5) is 11.4 Å². The van der Waals surface area contributed by atoms with Gasteiger partial charge in [-0.05, 0) is 74.2 Å². The first kappa shape index (κ1) is 18.7. The first-order chi connectivity index (χ1) is 11.6. The molecule has 0 amide bonds. The van der Waals surface area contributed by atoms with Gasteiger partial charge in [0.15, 0.2) is 6.17 Å². The van der Waals surface area contributed by atoms with Crippen LogP contribution >= 0.6 is 34.8 Å². The molecule has 2 aromatic rings. The van der Waals surface area contributed by atoms with Crippen molar-refractivity contribution in [2.75, 3.05) is 22.9 Å². The van der Waals surface area contributed by atoms with Gasteiger partial charge in [-0.3, -0.25) is 0 Å². The van der Waals surface area contributed by atoms with Crippen molar-refractivity contribution >= 4 is 46.2 Å². The number of nitrogens with zero attached hydrogens (tertiary/aromatic N) is 2. The zero-order valence-electron chi connectivity index (χ0n) is 15.0. The van der Waals surface area contributed by atoms with E-state index in [0.717, 1.165) is 24.5 Å². The SMILES string of the molecule is Cc1cc(C)cc(N2CCN(c3cc(C)cc(C)c3)C2C(Cl)(Cl)Cl)c1. The highest BCUT2D eigenvalue weighted by Gasteiger charge is 2.45. The van der Waals surface area contributed by atoms with Crippen LogP contribution in [0.3, 0.4) is 0 Å². The lowest BCUT2D eigenvalue weighted by atomic mass is 10.1. The third-order valence-electron chi connectivity index (χ3n) is 4.54. The molecule has 1 aliphatic rings. The predicted molar refractivity (Wildman–Crippen MR) is 111 cm³/mol. The van der Waals surface area contributed by atoms with Crippen molar-refractivity contribution in [2.24, 2.45) is 0 Å². The summed E-state index contributed by atoms with van der Waals surface area (Å²) in [4.78, 5) is 4.40. The van der Waals surface area contributed by atoms with Gasteiger partial charge in [0.2, 0.25) is 3.79 Å². The smallest absolute Gasteiger partial charge is 0.228 e. The molecule has 0 N–H and O–H groups in total. The van der Waals surface area contributed by atoms with E-state index in [1.54, 1.807) is 0 Å². The van der Waals surface area contributed by atoms with Gasteiger partial charge in [-0.25, -0.2) is 0 Å². The summed E-state index contributed by atoms with van der Waals surface area (Å²) in [5.74, 6) is 0. The number of rotatable bonds is 2. The minimum absolute atomic E-state index is 0.347. The number of benzene rings is 2. The highest BCUT2D eigenvalue weighted by molar-refractivity contribution is 6.68. The fourth-order valence-electron chi connectivity index (χ4n) is 3.76. The van der Waals surface area contributed by atoms with E-state index >= 15 is 0 Å². The number of hydrogen-bond acceptors (Lipinski definition) is 2. The predicted octanol–water partition coefficient (Wildman–Crippen LogP) is 5.94. The highest BCUT2D eigenvalue weighted by atomic mass is 35.6. The van der Waals surface area contributed by atoms with Gasteiger partial charge in [-0.1, -0.05) is 46.9 Å². The average molecular weight is 398 g/mol. The van der Waals surface area contributed by atoms with Crippen molar-refractivity contribution in [3.05, 3.63) is 58.7 Å². The van der Waals surface area contributed by atoms with Gasteiger partial charge in [-0.15, -0.1) is 0 Å². The van der Waals surface area contributed by atoms with E-state index in [-0.39, 0.29) is 6.17 Å². The van der Waals surface area contributed by atoms with Crippen LogP contribution in [-0.2, 0) is 0 Å². The van der Waals surface area contributed by atoms with Crippen molar-refractivity contribution in [3.8, 4) is 0 Å². The molecule has 0 saturated carbocycles. The molecule has 134 valence electrons. The summed E-state index contributed by atoms with van der Waals surface area (Å²) >= 11 is 19.3. The topological polar surface area (TPSA) is 6.48 Å². The van der Waals surface area contributed by atoms with Gasteiger partial charge in [-0.2, -0.15) is 0 Å². The molecular weight excluding hydrogens is 375 g/mol. The van der Waals surface area contributed by atoms with Gasteiger partial charge in [0.05, 0.1) is 0 Å². The van der Waals surface area contributed by atoms with Gasteiger partial charge >= 0.3 is 0 Å². The van der Waals surface area contributed by atoms with Crippen LogP contribution in [0.25, 0.3) is 0 Å². The van der Waals surface area contributed by atoms with Crippen LogP contribution in [0.2, 0.25) is 0 Å². The molecular formula is C20H23Cl3N2. The van der Waals surface area contributed by atoms with Crippen molar-refractivity contribution in [1.29, 1.82) is 0 Å². The van der Waals surface area contributed by atoms with Crippen molar-refractivity contribution in [1.82, 2.24) is 0 Å². The first-order valence-corrected chi connectivity index (χ1v) is 9.55. The van der Waals surface area contributed by atoms with Crippen molar-refractivity contribution < 1.29 is 0 Å². The van der Waals surface area contributed by atoms with Gasteiger partial charge in [0, 0.05) is 24.5 Å². The van der Waals surface area contributed by atoms with Crippen LogP contribution in [-0.4, -0.2) is 23.0 Å². The molecule has 0 atom stereocenters. The van der Waals surface area contributed by atoms with Crippen LogP contribution in [0.5, 0.6) is 0 Å². The Morgan fingerprint density at radius 2 is 1.00 bits per heavy atom. The molecule has 1 saturated heterocycles. The molecule has 1 aliphatic heterocycles. The number of halogens is 3. The Hall–Kier alpha value is -1.09. The quantitative estimate of drug-likeness (QED) is 0.578. The zero-order chi connectivity index (χ0) is 18.4. The monoisotopic (exact) mass is 396 g/mol. The van der Waals surface area contributed by atoms with Gasteiger partial charge < -0.3 is 9.80 Å². The Morgan fingerprint density at radius 1 is 0.680 bits per heavy atom. The normalized spacial score (nSPS) is 16.0. The third-order valence-corrected chi connectivity index (χ3v) is 5.13. The summed E-state index contributed by atoms with van der Waals surface area (Å²) in [5.41, 5.74) is 7.04. The summed E-state index contributed by atoms with van der Waals surface area (Å²) in [6, 6.07) is 12.9. The first-order valence-electron chi connectivity index (χ1n) is 8.42. The minimum Gasteiger partial charge on any atom is -0.346 e. The molecule has 0 aliphatic carbocycles. The second-order valence-electron chi connectivity index (χ2n) is 6.99. The lowest BCUT2D eigenvalue weighted by Crippen LogP contribution is -2.48. The second-order valence-corrected chi connectivity index (χ2v) is 9.36. The van der Waals surface area contributed by atoms with Crippen molar-refractivity contribution in [3.63, 3.8) is 0 Å². The van der Waals surface area contributed by atoms with Crippen LogP contribution in [0, 0.1) is 27.7 Å². The molecule has 1 fully saturated rings. The Balaban J connectivity index is 2.04. The van der Waals surface area contributed by atoms with Crippen molar-refractivity contribution in [2.45, 2.75) is 37.7 Å². The molecule has 0 aromatic heterocycles. The Morgan fingerprint density at radius 3 is 1.28 bits per heavy atom. The molecule has 0 radical (unpaired) electrons. The standard InChI is InChI=1S/C20H23Cl3N2/c1-13-7-14(2)10-17(9-13)24-5-6-25(19(24)20(21,22)23)18-11-15(3)8-16(4)12-18/h7-12,19H,5-6H2,1-4H3. The summed E-state index contributed by atoms with van der Waals surface area (Å²) in [6.07, 6.45) is -0.347. The largest absolute Gasteiger partial charge is 0.346 e. The van der Waals surface area contributed by atoms with E-state index in [1.807, 2.05) is 0 Å². The lowest BCUT2D eigenvalue weighted by molar-refractivity contribution is 0.681. The lowest BCUT2D eigenvalue weighted by Gasteiger charge is -2.37. The molecule has 0 bridgehead atoms. The molecule has 2 aromatic carbocycles. The van der Waals surface area contributed by atoms with Crippen LogP contribution in [0.1, 0.15) is 22.3 Å². The highest BCUT2D eigenvalue weighted by Crippen LogP contribution is 2.42. The maximum absolute atomic E-state index is 6.44. The summed E-state index contributed by atoms with van der Waals surface area (Å²) in [7, 11) is 0. The molecule has 25 heavy (non-hydrogen) atoms. The zero-order valence-corrected chi connectivity index (χ0v) is 17.3. The molecule has 5 heteroatoms. The Kier molecular flexibility index (Phi) is 5.16. The maximum Gasteiger partial charge on any atom is 0.228 e. The van der Waals surface area contributed by atoms with E-state index in [2.05, 4.69) is 73.9 Å². The molecule has 2 nitrogen and oxygen atoms in total.